The summed E-state index contributed by atoms with van der Waals surface area (Å²) in [6.07, 6.45) is 0. The van der Waals surface area contributed by atoms with Gasteiger partial charge in [-0.05, 0) is 43.2 Å². The van der Waals surface area contributed by atoms with Gasteiger partial charge in [0.05, 0.1) is 10.7 Å². The van der Waals surface area contributed by atoms with E-state index < -0.39 is 10.0 Å². The van der Waals surface area contributed by atoms with Gasteiger partial charge >= 0.3 is 0 Å². The molecule has 112 valence electrons. The lowest BCUT2D eigenvalue weighted by molar-refractivity contribution is 0.471. The monoisotopic (exact) mass is 345 g/mol. The SMILES string of the molecule is Cc1ccc(NS(=O)(=O)c2cc(C)c(Cl)cc2Cl)cc1O. The maximum atomic E-state index is 12.4. The predicted molar refractivity (Wildman–Crippen MR) is 84.9 cm³/mol. The molecule has 0 atom stereocenters. The van der Waals surface area contributed by atoms with Crippen LogP contribution in [0.15, 0.2) is 35.2 Å². The molecule has 2 aromatic rings. The molecule has 0 fully saturated rings. The molecular formula is C14H13Cl2NO3S. The fraction of sp³-hybridized carbons (Fsp3) is 0.143. The van der Waals surface area contributed by atoms with E-state index in [1.165, 1.54) is 18.2 Å². The van der Waals surface area contributed by atoms with E-state index >= 15 is 0 Å². The maximum absolute atomic E-state index is 12.4. The van der Waals surface area contributed by atoms with Crippen molar-refractivity contribution in [3.63, 3.8) is 0 Å². The molecule has 0 bridgehead atoms. The van der Waals surface area contributed by atoms with Crippen LogP contribution in [0.3, 0.4) is 0 Å². The van der Waals surface area contributed by atoms with Crippen LogP contribution in [0.4, 0.5) is 5.69 Å². The van der Waals surface area contributed by atoms with E-state index in [0.717, 1.165) is 0 Å². The molecule has 0 amide bonds. The first-order valence-corrected chi connectivity index (χ1v) is 8.22. The maximum Gasteiger partial charge on any atom is 0.263 e. The van der Waals surface area contributed by atoms with Gasteiger partial charge in [-0.15, -0.1) is 0 Å². The summed E-state index contributed by atoms with van der Waals surface area (Å²) in [5.41, 5.74) is 1.51. The normalized spacial score (nSPS) is 11.4. The van der Waals surface area contributed by atoms with Crippen LogP contribution in [0, 0.1) is 13.8 Å². The van der Waals surface area contributed by atoms with E-state index in [1.54, 1.807) is 26.0 Å². The van der Waals surface area contributed by atoms with Crippen LogP contribution < -0.4 is 4.72 Å². The van der Waals surface area contributed by atoms with Crippen molar-refractivity contribution < 1.29 is 13.5 Å². The van der Waals surface area contributed by atoms with Crippen LogP contribution in [0.25, 0.3) is 0 Å². The Hall–Kier alpha value is -1.43. The fourth-order valence-corrected chi connectivity index (χ4v) is 3.60. The van der Waals surface area contributed by atoms with Gasteiger partial charge in [0.15, 0.2) is 0 Å². The molecule has 0 spiro atoms. The van der Waals surface area contributed by atoms with Crippen molar-refractivity contribution in [1.29, 1.82) is 0 Å². The highest BCUT2D eigenvalue weighted by atomic mass is 35.5. The van der Waals surface area contributed by atoms with Gasteiger partial charge in [-0.1, -0.05) is 29.3 Å². The van der Waals surface area contributed by atoms with E-state index in [4.69, 9.17) is 23.2 Å². The zero-order valence-corrected chi connectivity index (χ0v) is 13.6. The second-order valence-electron chi connectivity index (χ2n) is 4.64. The molecule has 0 aromatic heterocycles. The summed E-state index contributed by atoms with van der Waals surface area (Å²) >= 11 is 11.9. The van der Waals surface area contributed by atoms with Crippen LogP contribution in [0.1, 0.15) is 11.1 Å². The molecule has 0 aliphatic heterocycles. The Balaban J connectivity index is 2.43. The van der Waals surface area contributed by atoms with Crippen molar-refractivity contribution >= 4 is 38.9 Å². The fourth-order valence-electron chi connectivity index (χ4n) is 1.72. The Morgan fingerprint density at radius 3 is 2.29 bits per heavy atom. The highest BCUT2D eigenvalue weighted by molar-refractivity contribution is 7.92. The summed E-state index contributed by atoms with van der Waals surface area (Å²) in [5, 5.41) is 10.1. The molecule has 2 rings (SSSR count). The average molecular weight is 346 g/mol. The van der Waals surface area contributed by atoms with Gasteiger partial charge in [-0.3, -0.25) is 4.72 Å². The molecule has 0 saturated heterocycles. The second-order valence-corrected chi connectivity index (χ2v) is 7.10. The zero-order chi connectivity index (χ0) is 15.8. The van der Waals surface area contributed by atoms with Gasteiger partial charge in [0, 0.05) is 11.1 Å². The van der Waals surface area contributed by atoms with Crippen LogP contribution in [0.2, 0.25) is 10.0 Å². The number of halogens is 2. The molecule has 0 saturated carbocycles. The number of phenolic OH excluding ortho intramolecular Hbond substituents is 1. The van der Waals surface area contributed by atoms with Gasteiger partial charge < -0.3 is 5.11 Å². The zero-order valence-electron chi connectivity index (χ0n) is 11.3. The topological polar surface area (TPSA) is 66.4 Å². The van der Waals surface area contributed by atoms with Crippen LogP contribution in [-0.2, 0) is 10.0 Å². The van der Waals surface area contributed by atoms with E-state index in [1.807, 2.05) is 0 Å². The Bertz CT molecular complexity index is 804. The molecule has 0 aliphatic rings. The van der Waals surface area contributed by atoms with E-state index in [-0.39, 0.29) is 21.4 Å². The number of sulfonamides is 1. The number of benzene rings is 2. The summed E-state index contributed by atoms with van der Waals surface area (Å²) < 4.78 is 27.1. The lowest BCUT2D eigenvalue weighted by Gasteiger charge is -2.12. The summed E-state index contributed by atoms with van der Waals surface area (Å²) in [4.78, 5) is -0.0638. The standard InChI is InChI=1S/C14H13Cl2NO3S/c1-8-3-4-10(6-13(8)18)17-21(19,20)14-5-9(2)11(15)7-12(14)16/h3-7,17-18H,1-2H3. The Kier molecular flexibility index (Phi) is 4.37. The number of hydrogen-bond donors (Lipinski definition) is 2. The third-order valence-corrected chi connectivity index (χ3v) is 5.22. The van der Waals surface area contributed by atoms with Gasteiger partial charge in [0.25, 0.3) is 10.0 Å². The average Bonchev–Trinajstić information content (AvgIpc) is 2.37. The molecule has 2 aromatic carbocycles. The minimum Gasteiger partial charge on any atom is -0.508 e. The number of nitrogens with one attached hydrogen (secondary N) is 1. The molecule has 2 N–H and O–H groups in total. The van der Waals surface area contributed by atoms with Crippen molar-refractivity contribution in [2.24, 2.45) is 0 Å². The number of anilines is 1. The first-order chi connectivity index (χ1) is 9.70. The number of hydrogen-bond acceptors (Lipinski definition) is 3. The summed E-state index contributed by atoms with van der Waals surface area (Å²) in [6, 6.07) is 7.30. The van der Waals surface area contributed by atoms with E-state index in [9.17, 15) is 13.5 Å². The number of aryl methyl sites for hydroxylation is 2. The van der Waals surface area contributed by atoms with Gasteiger partial charge in [0.2, 0.25) is 0 Å². The molecule has 0 aliphatic carbocycles. The molecule has 0 radical (unpaired) electrons. The Morgan fingerprint density at radius 1 is 1.00 bits per heavy atom. The summed E-state index contributed by atoms with van der Waals surface area (Å²) in [5.74, 6) is 0.00795. The lowest BCUT2D eigenvalue weighted by atomic mass is 10.2. The Morgan fingerprint density at radius 2 is 1.67 bits per heavy atom. The smallest absolute Gasteiger partial charge is 0.263 e. The van der Waals surface area contributed by atoms with Gasteiger partial charge in [-0.2, -0.15) is 0 Å². The van der Waals surface area contributed by atoms with Crippen LogP contribution in [0.5, 0.6) is 5.75 Å². The molecule has 0 heterocycles. The van der Waals surface area contributed by atoms with E-state index in [2.05, 4.69) is 4.72 Å². The van der Waals surface area contributed by atoms with Gasteiger partial charge in [-0.25, -0.2) is 8.42 Å². The highest BCUT2D eigenvalue weighted by Crippen LogP contribution is 2.30. The quantitative estimate of drug-likeness (QED) is 0.879. The van der Waals surface area contributed by atoms with Crippen molar-refractivity contribution in [3.8, 4) is 5.75 Å². The number of phenols is 1. The van der Waals surface area contributed by atoms with Crippen molar-refractivity contribution in [1.82, 2.24) is 0 Å². The first-order valence-electron chi connectivity index (χ1n) is 5.99. The molecule has 7 heteroatoms. The summed E-state index contributed by atoms with van der Waals surface area (Å²) in [6.45, 7) is 3.41. The Labute approximate surface area is 133 Å². The molecule has 21 heavy (non-hydrogen) atoms. The second kappa shape index (κ2) is 5.75. The largest absolute Gasteiger partial charge is 0.508 e. The lowest BCUT2D eigenvalue weighted by Crippen LogP contribution is -2.13. The van der Waals surface area contributed by atoms with E-state index in [0.29, 0.717) is 16.1 Å². The number of rotatable bonds is 3. The highest BCUT2D eigenvalue weighted by Gasteiger charge is 2.19. The number of aromatic hydroxyl groups is 1. The van der Waals surface area contributed by atoms with Crippen LogP contribution >= 0.6 is 23.2 Å². The summed E-state index contributed by atoms with van der Waals surface area (Å²) in [7, 11) is -3.86. The minimum atomic E-state index is -3.86. The van der Waals surface area contributed by atoms with Crippen LogP contribution in [-0.4, -0.2) is 13.5 Å². The van der Waals surface area contributed by atoms with Crippen molar-refractivity contribution in [3.05, 3.63) is 51.5 Å². The molecular weight excluding hydrogens is 333 g/mol. The van der Waals surface area contributed by atoms with Gasteiger partial charge in [0.1, 0.15) is 10.6 Å². The third kappa shape index (κ3) is 3.43. The van der Waals surface area contributed by atoms with Crippen molar-refractivity contribution in [2.75, 3.05) is 4.72 Å². The molecule has 0 unspecified atom stereocenters. The molecule has 4 nitrogen and oxygen atoms in total. The minimum absolute atomic E-state index is 0.00795. The first kappa shape index (κ1) is 15.9. The predicted octanol–water partition coefficient (Wildman–Crippen LogP) is 4.12. The van der Waals surface area contributed by atoms with Crippen molar-refractivity contribution in [2.45, 2.75) is 18.7 Å². The third-order valence-electron chi connectivity index (χ3n) is 2.96.